The van der Waals surface area contributed by atoms with E-state index in [1.807, 2.05) is 0 Å². The molecule has 1 unspecified atom stereocenters. The first kappa shape index (κ1) is 6.67. The van der Waals surface area contributed by atoms with E-state index < -0.39 is 0 Å². The molecule has 1 atom stereocenters. The molecule has 1 aliphatic rings. The van der Waals surface area contributed by atoms with Gasteiger partial charge in [0.25, 0.3) is 0 Å². The highest BCUT2D eigenvalue weighted by Crippen LogP contribution is 2.21. The van der Waals surface area contributed by atoms with Crippen LogP contribution in [0.2, 0.25) is 0 Å². The number of nitrogens with zero attached hydrogens (tertiary/aromatic N) is 1. The summed E-state index contributed by atoms with van der Waals surface area (Å²) in [7, 11) is 0. The molecule has 4 nitrogen and oxygen atoms in total. The summed E-state index contributed by atoms with van der Waals surface area (Å²) in [5.74, 6) is 0.994. The molecule has 0 amide bonds. The number of imidazole rings is 1. The number of H-pyrrole nitrogens is 1. The summed E-state index contributed by atoms with van der Waals surface area (Å²) in [5.41, 5.74) is 0. The summed E-state index contributed by atoms with van der Waals surface area (Å²) >= 11 is 0. The number of aromatic nitrogens is 2. The summed E-state index contributed by atoms with van der Waals surface area (Å²) in [5, 5.41) is 12.2. The minimum Gasteiger partial charge on any atom is -0.493 e. The Morgan fingerprint density at radius 1 is 1.64 bits per heavy atom. The van der Waals surface area contributed by atoms with Gasteiger partial charge in [-0.2, -0.15) is 0 Å². The number of nitrogens with one attached hydrogen (secondary N) is 2. The molecular formula is C7H11N3O. The van der Waals surface area contributed by atoms with Crippen LogP contribution in [-0.2, 0) is 0 Å². The van der Waals surface area contributed by atoms with Crippen LogP contribution in [0.15, 0.2) is 6.20 Å². The lowest BCUT2D eigenvalue weighted by Crippen LogP contribution is -2.13. The van der Waals surface area contributed by atoms with Gasteiger partial charge >= 0.3 is 0 Å². The van der Waals surface area contributed by atoms with Gasteiger partial charge in [0.15, 0.2) is 0 Å². The highest BCUT2D eigenvalue weighted by Gasteiger charge is 2.18. The van der Waals surface area contributed by atoms with Crippen molar-refractivity contribution in [3.8, 4) is 5.88 Å². The van der Waals surface area contributed by atoms with E-state index in [1.165, 1.54) is 12.6 Å². The number of rotatable bonds is 1. The molecule has 0 spiro atoms. The van der Waals surface area contributed by atoms with Gasteiger partial charge in [-0.25, -0.2) is 4.98 Å². The van der Waals surface area contributed by atoms with Crippen LogP contribution in [0.1, 0.15) is 24.7 Å². The predicted molar refractivity (Wildman–Crippen MR) is 40.2 cm³/mol. The van der Waals surface area contributed by atoms with Crippen LogP contribution < -0.4 is 5.32 Å². The lowest BCUT2D eigenvalue weighted by molar-refractivity contribution is 0.453. The van der Waals surface area contributed by atoms with Gasteiger partial charge in [-0.15, -0.1) is 0 Å². The summed E-state index contributed by atoms with van der Waals surface area (Å²) in [6.45, 7) is 1.05. The van der Waals surface area contributed by atoms with Crippen LogP contribution in [0.25, 0.3) is 0 Å². The SMILES string of the molecule is Oc1cnc(C2CCCN2)[nH]1. The van der Waals surface area contributed by atoms with Crippen molar-refractivity contribution in [1.29, 1.82) is 0 Å². The van der Waals surface area contributed by atoms with Crippen molar-refractivity contribution in [3.63, 3.8) is 0 Å². The maximum Gasteiger partial charge on any atom is 0.208 e. The molecule has 3 N–H and O–H groups in total. The van der Waals surface area contributed by atoms with Crippen molar-refractivity contribution < 1.29 is 5.11 Å². The molecule has 11 heavy (non-hydrogen) atoms. The third kappa shape index (κ3) is 1.21. The molecule has 1 aromatic rings. The van der Waals surface area contributed by atoms with Gasteiger partial charge in [-0.05, 0) is 19.4 Å². The van der Waals surface area contributed by atoms with Crippen molar-refractivity contribution in [3.05, 3.63) is 12.0 Å². The van der Waals surface area contributed by atoms with Gasteiger partial charge in [-0.1, -0.05) is 0 Å². The molecule has 1 fully saturated rings. The van der Waals surface area contributed by atoms with Gasteiger partial charge in [0.05, 0.1) is 12.2 Å². The smallest absolute Gasteiger partial charge is 0.208 e. The Morgan fingerprint density at radius 2 is 2.55 bits per heavy atom. The standard InChI is InChI=1S/C7H11N3O/c11-6-4-9-7(10-6)5-2-1-3-8-5/h4-5,8,11H,1-3H2,(H,9,10). The topological polar surface area (TPSA) is 60.9 Å². The second-order valence-electron chi connectivity index (χ2n) is 2.80. The summed E-state index contributed by atoms with van der Waals surface area (Å²) in [4.78, 5) is 6.83. The number of hydrogen-bond acceptors (Lipinski definition) is 3. The zero-order valence-electron chi connectivity index (χ0n) is 6.17. The van der Waals surface area contributed by atoms with Gasteiger partial charge in [-0.3, -0.25) is 0 Å². The third-order valence-corrected chi connectivity index (χ3v) is 1.97. The van der Waals surface area contributed by atoms with Crippen LogP contribution in [0.3, 0.4) is 0 Å². The van der Waals surface area contributed by atoms with Crippen molar-refractivity contribution in [1.82, 2.24) is 15.3 Å². The van der Waals surface area contributed by atoms with Crippen LogP contribution >= 0.6 is 0 Å². The Labute approximate surface area is 64.7 Å². The Balaban J connectivity index is 2.15. The predicted octanol–water partition coefficient (Wildman–Crippen LogP) is 0.540. The van der Waals surface area contributed by atoms with E-state index in [0.29, 0.717) is 6.04 Å². The Bertz CT molecular complexity index is 240. The minimum atomic E-state index is 0.147. The van der Waals surface area contributed by atoms with E-state index in [-0.39, 0.29) is 5.88 Å². The van der Waals surface area contributed by atoms with Crippen molar-refractivity contribution in [2.75, 3.05) is 6.54 Å². The fourth-order valence-corrected chi connectivity index (χ4v) is 1.42. The van der Waals surface area contributed by atoms with Crippen molar-refractivity contribution >= 4 is 0 Å². The van der Waals surface area contributed by atoms with Crippen LogP contribution in [0, 0.1) is 0 Å². The van der Waals surface area contributed by atoms with Crippen molar-refractivity contribution in [2.24, 2.45) is 0 Å². The van der Waals surface area contributed by atoms with E-state index >= 15 is 0 Å². The third-order valence-electron chi connectivity index (χ3n) is 1.97. The van der Waals surface area contributed by atoms with Gasteiger partial charge in [0.1, 0.15) is 5.82 Å². The first-order valence-corrected chi connectivity index (χ1v) is 3.83. The second-order valence-corrected chi connectivity index (χ2v) is 2.80. The zero-order valence-corrected chi connectivity index (χ0v) is 6.17. The van der Waals surface area contributed by atoms with Crippen LogP contribution in [0.4, 0.5) is 0 Å². The lowest BCUT2D eigenvalue weighted by atomic mass is 10.2. The molecule has 2 rings (SSSR count). The monoisotopic (exact) mass is 153 g/mol. The first-order valence-electron chi connectivity index (χ1n) is 3.83. The molecule has 1 aromatic heterocycles. The lowest BCUT2D eigenvalue weighted by Gasteiger charge is -2.04. The molecule has 0 aliphatic carbocycles. The zero-order chi connectivity index (χ0) is 7.68. The fraction of sp³-hybridized carbons (Fsp3) is 0.571. The Hall–Kier alpha value is -1.03. The molecule has 4 heteroatoms. The molecule has 2 heterocycles. The first-order chi connectivity index (χ1) is 5.36. The average Bonchev–Trinajstić information content (AvgIpc) is 2.55. The molecule has 1 saturated heterocycles. The maximum atomic E-state index is 8.97. The molecule has 0 saturated carbocycles. The fourth-order valence-electron chi connectivity index (χ4n) is 1.42. The Morgan fingerprint density at radius 3 is 3.09 bits per heavy atom. The quantitative estimate of drug-likeness (QED) is 0.551. The van der Waals surface area contributed by atoms with E-state index in [4.69, 9.17) is 5.11 Å². The highest BCUT2D eigenvalue weighted by molar-refractivity contribution is 5.08. The largest absolute Gasteiger partial charge is 0.493 e. The molecular weight excluding hydrogens is 142 g/mol. The van der Waals surface area contributed by atoms with Crippen LogP contribution in [0.5, 0.6) is 5.88 Å². The van der Waals surface area contributed by atoms with E-state index in [2.05, 4.69) is 15.3 Å². The van der Waals surface area contributed by atoms with E-state index in [1.54, 1.807) is 0 Å². The molecule has 1 aliphatic heterocycles. The normalized spacial score (nSPS) is 24.2. The summed E-state index contributed by atoms with van der Waals surface area (Å²) < 4.78 is 0. The maximum absolute atomic E-state index is 8.97. The van der Waals surface area contributed by atoms with Crippen molar-refractivity contribution in [2.45, 2.75) is 18.9 Å². The highest BCUT2D eigenvalue weighted by atomic mass is 16.3. The van der Waals surface area contributed by atoms with Gasteiger partial charge in [0.2, 0.25) is 5.88 Å². The van der Waals surface area contributed by atoms with Gasteiger partial charge in [0, 0.05) is 0 Å². The van der Waals surface area contributed by atoms with E-state index in [9.17, 15) is 0 Å². The average molecular weight is 153 g/mol. The van der Waals surface area contributed by atoms with Crippen LogP contribution in [-0.4, -0.2) is 21.6 Å². The second kappa shape index (κ2) is 2.54. The molecule has 60 valence electrons. The number of hydrogen-bond donors (Lipinski definition) is 3. The molecule has 0 aromatic carbocycles. The molecule has 0 bridgehead atoms. The number of aromatic amines is 1. The minimum absolute atomic E-state index is 0.147. The van der Waals surface area contributed by atoms with E-state index in [0.717, 1.165) is 18.8 Å². The number of aromatic hydroxyl groups is 1. The Kier molecular flexibility index (Phi) is 1.54. The van der Waals surface area contributed by atoms with Gasteiger partial charge < -0.3 is 15.4 Å². The molecule has 0 radical (unpaired) electrons. The summed E-state index contributed by atoms with van der Waals surface area (Å²) in [6.07, 6.45) is 3.73. The summed E-state index contributed by atoms with van der Waals surface area (Å²) in [6, 6.07) is 0.316.